The van der Waals surface area contributed by atoms with Gasteiger partial charge in [0, 0.05) is 10.1 Å². The Balaban J connectivity index is 1.92. The van der Waals surface area contributed by atoms with E-state index in [-0.39, 0.29) is 27.0 Å². The van der Waals surface area contributed by atoms with E-state index >= 15 is 0 Å². The van der Waals surface area contributed by atoms with Crippen LogP contribution in [0.15, 0.2) is 42.0 Å². The van der Waals surface area contributed by atoms with Crippen LogP contribution in [0.1, 0.15) is 15.2 Å². The smallest absolute Gasteiger partial charge is 0.355 e. The van der Waals surface area contributed by atoms with Gasteiger partial charge < -0.3 is 19.9 Å². The SMILES string of the molecule is COc1ccc2sc(C(=O)Oc3ccc(/C=C(\C#N)C(N)=O)cc3OC)c(Cl)c2c1. The highest BCUT2D eigenvalue weighted by Gasteiger charge is 2.21. The number of hydrogen-bond acceptors (Lipinski definition) is 7. The number of nitriles is 1. The monoisotopic (exact) mass is 442 g/mol. The van der Waals surface area contributed by atoms with Gasteiger partial charge in [-0.15, -0.1) is 11.3 Å². The third kappa shape index (κ3) is 4.22. The highest BCUT2D eigenvalue weighted by atomic mass is 35.5. The zero-order valence-electron chi connectivity index (χ0n) is 15.9. The minimum atomic E-state index is -0.844. The largest absolute Gasteiger partial charge is 0.497 e. The number of benzene rings is 2. The number of hydrogen-bond donors (Lipinski definition) is 1. The number of nitrogens with zero attached hydrogens (tertiary/aromatic N) is 1. The first-order chi connectivity index (χ1) is 14.4. The van der Waals surface area contributed by atoms with Gasteiger partial charge in [-0.25, -0.2) is 4.79 Å². The molecule has 0 spiro atoms. The van der Waals surface area contributed by atoms with Gasteiger partial charge in [0.05, 0.1) is 19.2 Å². The van der Waals surface area contributed by atoms with Crippen LogP contribution in [0, 0.1) is 11.3 Å². The second-order valence-electron chi connectivity index (χ2n) is 5.94. The second-order valence-corrected chi connectivity index (χ2v) is 7.37. The average molecular weight is 443 g/mol. The van der Waals surface area contributed by atoms with Gasteiger partial charge in [0.1, 0.15) is 22.3 Å². The number of methoxy groups -OCH3 is 2. The Hall–Kier alpha value is -3.54. The van der Waals surface area contributed by atoms with E-state index in [0.29, 0.717) is 16.7 Å². The number of halogens is 1. The van der Waals surface area contributed by atoms with Crippen molar-refractivity contribution in [2.24, 2.45) is 5.73 Å². The fraction of sp³-hybridized carbons (Fsp3) is 0.0952. The van der Waals surface area contributed by atoms with Gasteiger partial charge in [0.25, 0.3) is 5.91 Å². The van der Waals surface area contributed by atoms with Crippen molar-refractivity contribution < 1.29 is 23.8 Å². The molecule has 0 radical (unpaired) electrons. The van der Waals surface area contributed by atoms with Crippen LogP contribution in [0.25, 0.3) is 16.2 Å². The Morgan fingerprint density at radius 2 is 1.90 bits per heavy atom. The summed E-state index contributed by atoms with van der Waals surface area (Å²) in [7, 11) is 2.95. The van der Waals surface area contributed by atoms with E-state index in [0.717, 1.165) is 4.70 Å². The summed E-state index contributed by atoms with van der Waals surface area (Å²) in [5.74, 6) is -0.471. The number of fused-ring (bicyclic) bond motifs is 1. The fourth-order valence-corrected chi connectivity index (χ4v) is 3.99. The summed E-state index contributed by atoms with van der Waals surface area (Å²) in [6.07, 6.45) is 1.31. The molecule has 30 heavy (non-hydrogen) atoms. The van der Waals surface area contributed by atoms with Crippen LogP contribution in [-0.2, 0) is 4.79 Å². The molecular formula is C21H15ClN2O5S. The Morgan fingerprint density at radius 1 is 1.13 bits per heavy atom. The van der Waals surface area contributed by atoms with Crippen LogP contribution in [0.3, 0.4) is 0 Å². The molecular weight excluding hydrogens is 428 g/mol. The molecule has 0 unspecified atom stereocenters. The molecule has 0 saturated carbocycles. The van der Waals surface area contributed by atoms with Crippen molar-refractivity contribution >= 4 is 51.0 Å². The molecule has 152 valence electrons. The van der Waals surface area contributed by atoms with Gasteiger partial charge in [-0.05, 0) is 42.0 Å². The standard InChI is InChI=1S/C21H15ClN2O5S/c1-27-13-4-6-17-14(9-13)18(22)19(30-17)21(26)29-15-5-3-11(8-16(15)28-2)7-12(10-23)20(24)25/h3-9H,1-2H3,(H2,24,25)/b12-7+. The van der Waals surface area contributed by atoms with E-state index in [4.69, 9.17) is 36.8 Å². The first-order valence-electron chi connectivity index (χ1n) is 8.45. The number of primary amides is 1. The number of carbonyl (C=O) groups excluding carboxylic acids is 2. The molecule has 1 amide bonds. The molecule has 1 heterocycles. The number of ether oxygens (including phenoxy) is 3. The summed E-state index contributed by atoms with van der Waals surface area (Å²) in [6.45, 7) is 0. The Labute approximate surface area is 180 Å². The summed E-state index contributed by atoms with van der Waals surface area (Å²) in [5, 5.41) is 9.93. The number of rotatable bonds is 6. The maximum atomic E-state index is 12.7. The number of carbonyl (C=O) groups is 2. The van der Waals surface area contributed by atoms with E-state index in [2.05, 4.69) is 0 Å². The van der Waals surface area contributed by atoms with Crippen LogP contribution in [0.4, 0.5) is 0 Å². The van der Waals surface area contributed by atoms with Crippen molar-refractivity contribution in [2.75, 3.05) is 14.2 Å². The maximum Gasteiger partial charge on any atom is 0.355 e. The molecule has 0 aliphatic rings. The predicted molar refractivity (Wildman–Crippen MR) is 114 cm³/mol. The quantitative estimate of drug-likeness (QED) is 0.265. The van der Waals surface area contributed by atoms with Gasteiger partial charge in [0.2, 0.25) is 0 Å². The zero-order valence-corrected chi connectivity index (χ0v) is 17.5. The molecule has 9 heteroatoms. The number of nitrogens with two attached hydrogens (primary N) is 1. The summed E-state index contributed by atoms with van der Waals surface area (Å²) >= 11 is 7.59. The van der Waals surface area contributed by atoms with Crippen molar-refractivity contribution in [3.8, 4) is 23.3 Å². The van der Waals surface area contributed by atoms with Crippen LogP contribution < -0.4 is 19.9 Å². The third-order valence-corrected chi connectivity index (χ3v) is 5.76. The van der Waals surface area contributed by atoms with Crippen molar-refractivity contribution in [3.63, 3.8) is 0 Å². The Bertz CT molecular complexity index is 1230. The van der Waals surface area contributed by atoms with E-state index < -0.39 is 11.9 Å². The van der Waals surface area contributed by atoms with E-state index in [9.17, 15) is 9.59 Å². The van der Waals surface area contributed by atoms with E-state index in [1.54, 1.807) is 31.4 Å². The van der Waals surface area contributed by atoms with Gasteiger partial charge in [-0.1, -0.05) is 17.7 Å². The molecule has 3 aromatic rings. The maximum absolute atomic E-state index is 12.7. The number of thiophene rings is 1. The van der Waals surface area contributed by atoms with Gasteiger partial charge in [0.15, 0.2) is 11.5 Å². The minimum absolute atomic E-state index is 0.156. The molecule has 0 bridgehead atoms. The molecule has 0 aliphatic carbocycles. The lowest BCUT2D eigenvalue weighted by Gasteiger charge is -2.09. The van der Waals surface area contributed by atoms with E-state index in [1.165, 1.54) is 36.7 Å². The van der Waals surface area contributed by atoms with Crippen LogP contribution in [0.5, 0.6) is 17.2 Å². The number of esters is 1. The first-order valence-corrected chi connectivity index (χ1v) is 9.65. The third-order valence-electron chi connectivity index (χ3n) is 4.11. The predicted octanol–water partition coefficient (Wildman–Crippen LogP) is 4.18. The molecule has 0 atom stereocenters. The van der Waals surface area contributed by atoms with Crippen LogP contribution >= 0.6 is 22.9 Å². The van der Waals surface area contributed by atoms with E-state index in [1.807, 2.05) is 6.07 Å². The average Bonchev–Trinajstić information content (AvgIpc) is 3.08. The molecule has 2 aromatic carbocycles. The van der Waals surface area contributed by atoms with Crippen molar-refractivity contribution in [2.45, 2.75) is 0 Å². The van der Waals surface area contributed by atoms with Crippen molar-refractivity contribution in [1.82, 2.24) is 0 Å². The zero-order chi connectivity index (χ0) is 21.8. The molecule has 0 saturated heterocycles. The number of amides is 1. The molecule has 2 N–H and O–H groups in total. The highest BCUT2D eigenvalue weighted by Crippen LogP contribution is 2.38. The summed E-state index contributed by atoms with van der Waals surface area (Å²) in [5.41, 5.74) is 5.41. The molecule has 0 aliphatic heterocycles. The van der Waals surface area contributed by atoms with Crippen LogP contribution in [-0.4, -0.2) is 26.1 Å². The van der Waals surface area contributed by atoms with Gasteiger partial charge in [-0.2, -0.15) is 5.26 Å². The fourth-order valence-electron chi connectivity index (χ4n) is 2.63. The molecule has 1 aromatic heterocycles. The molecule has 7 nitrogen and oxygen atoms in total. The first kappa shape index (κ1) is 21.2. The lowest BCUT2D eigenvalue weighted by Crippen LogP contribution is -2.12. The Morgan fingerprint density at radius 3 is 2.53 bits per heavy atom. The van der Waals surface area contributed by atoms with Crippen LogP contribution in [0.2, 0.25) is 5.02 Å². The van der Waals surface area contributed by atoms with Crippen molar-refractivity contribution in [1.29, 1.82) is 5.26 Å². The van der Waals surface area contributed by atoms with Gasteiger partial charge >= 0.3 is 5.97 Å². The molecule has 3 rings (SSSR count). The molecule has 0 fully saturated rings. The Kier molecular flexibility index (Phi) is 6.26. The topological polar surface area (TPSA) is 112 Å². The van der Waals surface area contributed by atoms with Crippen molar-refractivity contribution in [3.05, 3.63) is 57.4 Å². The summed E-state index contributed by atoms with van der Waals surface area (Å²) in [4.78, 5) is 24.2. The normalized spacial score (nSPS) is 11.1. The lowest BCUT2D eigenvalue weighted by molar-refractivity contribution is -0.114. The second kappa shape index (κ2) is 8.86. The summed E-state index contributed by atoms with van der Waals surface area (Å²) in [6, 6.07) is 11.6. The highest BCUT2D eigenvalue weighted by molar-refractivity contribution is 7.21. The van der Waals surface area contributed by atoms with Gasteiger partial charge in [-0.3, -0.25) is 4.79 Å². The summed E-state index contributed by atoms with van der Waals surface area (Å²) < 4.78 is 16.8. The minimum Gasteiger partial charge on any atom is -0.497 e. The lowest BCUT2D eigenvalue weighted by atomic mass is 10.1.